The standard InChI is InChI=1S/C18H18BrFN2O3S/c19-15-3-7-17(8-4-15)26(24,25)21-10-14-9-18(23)22(12-14)11-13-1-5-16(20)6-2-13/h1-8,14,21H,9-12H2. The summed E-state index contributed by atoms with van der Waals surface area (Å²) < 4.78 is 41.0. The molecule has 26 heavy (non-hydrogen) atoms. The van der Waals surface area contributed by atoms with Gasteiger partial charge in [-0.3, -0.25) is 4.79 Å². The van der Waals surface area contributed by atoms with Crippen LogP contribution in [0.3, 0.4) is 0 Å². The highest BCUT2D eigenvalue weighted by Gasteiger charge is 2.30. The zero-order valence-electron chi connectivity index (χ0n) is 13.9. The first kappa shape index (κ1) is 19.0. The van der Waals surface area contributed by atoms with E-state index in [0.29, 0.717) is 19.5 Å². The molecular formula is C18H18BrFN2O3S. The molecule has 1 aliphatic rings. The third-order valence-corrected chi connectivity index (χ3v) is 6.24. The van der Waals surface area contributed by atoms with E-state index >= 15 is 0 Å². The fourth-order valence-corrected chi connectivity index (χ4v) is 4.26. The first-order chi connectivity index (χ1) is 12.3. The van der Waals surface area contributed by atoms with Gasteiger partial charge in [-0.15, -0.1) is 0 Å². The summed E-state index contributed by atoms with van der Waals surface area (Å²) in [6, 6.07) is 12.4. The molecule has 1 fully saturated rings. The van der Waals surface area contributed by atoms with Crippen molar-refractivity contribution in [1.82, 2.24) is 9.62 Å². The Morgan fingerprint density at radius 3 is 2.42 bits per heavy atom. The number of rotatable bonds is 6. The van der Waals surface area contributed by atoms with Gasteiger partial charge in [0, 0.05) is 30.5 Å². The number of benzene rings is 2. The third-order valence-electron chi connectivity index (χ3n) is 4.27. The van der Waals surface area contributed by atoms with Gasteiger partial charge in [-0.1, -0.05) is 28.1 Å². The summed E-state index contributed by atoms with van der Waals surface area (Å²) in [6.45, 7) is 1.07. The van der Waals surface area contributed by atoms with E-state index in [4.69, 9.17) is 0 Å². The molecule has 0 saturated carbocycles. The molecule has 0 bridgehead atoms. The van der Waals surface area contributed by atoms with E-state index in [-0.39, 0.29) is 29.1 Å². The van der Waals surface area contributed by atoms with Crippen LogP contribution in [0.15, 0.2) is 57.9 Å². The molecule has 0 aliphatic carbocycles. The topological polar surface area (TPSA) is 66.5 Å². The van der Waals surface area contributed by atoms with Gasteiger partial charge >= 0.3 is 0 Å². The summed E-state index contributed by atoms with van der Waals surface area (Å²) in [4.78, 5) is 14.0. The molecule has 1 heterocycles. The van der Waals surface area contributed by atoms with Gasteiger partial charge in [-0.05, 0) is 47.9 Å². The second-order valence-electron chi connectivity index (χ2n) is 6.28. The van der Waals surface area contributed by atoms with Crippen molar-refractivity contribution >= 4 is 31.9 Å². The monoisotopic (exact) mass is 440 g/mol. The first-order valence-electron chi connectivity index (χ1n) is 8.11. The van der Waals surface area contributed by atoms with Crippen molar-refractivity contribution in [3.8, 4) is 0 Å². The van der Waals surface area contributed by atoms with Crippen LogP contribution in [0.4, 0.5) is 4.39 Å². The number of hydrogen-bond acceptors (Lipinski definition) is 3. The predicted molar refractivity (Wildman–Crippen MR) is 99.3 cm³/mol. The lowest BCUT2D eigenvalue weighted by molar-refractivity contribution is -0.128. The van der Waals surface area contributed by atoms with Gasteiger partial charge in [-0.2, -0.15) is 0 Å². The molecule has 8 heteroatoms. The Morgan fingerprint density at radius 2 is 1.77 bits per heavy atom. The van der Waals surface area contributed by atoms with Crippen molar-refractivity contribution in [2.75, 3.05) is 13.1 Å². The minimum atomic E-state index is -3.61. The first-order valence-corrected chi connectivity index (χ1v) is 10.4. The molecule has 1 amide bonds. The predicted octanol–water partition coefficient (Wildman–Crippen LogP) is 2.92. The van der Waals surface area contributed by atoms with E-state index in [1.54, 1.807) is 29.2 Å². The maximum atomic E-state index is 13.0. The molecule has 138 valence electrons. The Kier molecular flexibility index (Phi) is 5.74. The highest BCUT2D eigenvalue weighted by atomic mass is 79.9. The fourth-order valence-electron chi connectivity index (χ4n) is 2.88. The van der Waals surface area contributed by atoms with Crippen LogP contribution in [0.2, 0.25) is 0 Å². The average Bonchev–Trinajstić information content (AvgIpc) is 2.95. The van der Waals surface area contributed by atoms with E-state index in [1.165, 1.54) is 24.3 Å². The molecule has 0 aromatic heterocycles. The zero-order valence-corrected chi connectivity index (χ0v) is 16.3. The minimum Gasteiger partial charge on any atom is -0.338 e. The van der Waals surface area contributed by atoms with Gasteiger partial charge in [0.2, 0.25) is 15.9 Å². The van der Waals surface area contributed by atoms with Gasteiger partial charge in [0.25, 0.3) is 0 Å². The Hall–Kier alpha value is -1.77. The van der Waals surface area contributed by atoms with Gasteiger partial charge in [0.05, 0.1) is 4.90 Å². The van der Waals surface area contributed by atoms with Crippen molar-refractivity contribution in [2.45, 2.75) is 17.9 Å². The molecule has 1 unspecified atom stereocenters. The highest BCUT2D eigenvalue weighted by Crippen LogP contribution is 2.21. The summed E-state index contributed by atoms with van der Waals surface area (Å²) in [5, 5.41) is 0. The molecule has 0 spiro atoms. The number of sulfonamides is 1. The van der Waals surface area contributed by atoms with Gasteiger partial charge in [0.15, 0.2) is 0 Å². The average molecular weight is 441 g/mol. The van der Waals surface area contributed by atoms with Crippen LogP contribution in [0.1, 0.15) is 12.0 Å². The molecule has 2 aromatic rings. The van der Waals surface area contributed by atoms with Crippen LogP contribution in [-0.2, 0) is 21.4 Å². The van der Waals surface area contributed by atoms with Crippen LogP contribution in [-0.4, -0.2) is 32.3 Å². The number of hydrogen-bond donors (Lipinski definition) is 1. The molecule has 1 aliphatic heterocycles. The fraction of sp³-hybridized carbons (Fsp3) is 0.278. The van der Waals surface area contributed by atoms with Crippen LogP contribution in [0, 0.1) is 11.7 Å². The molecular weight excluding hydrogens is 423 g/mol. The van der Waals surface area contributed by atoms with E-state index in [2.05, 4.69) is 20.7 Å². The van der Waals surface area contributed by atoms with E-state index < -0.39 is 10.0 Å². The molecule has 1 N–H and O–H groups in total. The van der Waals surface area contributed by atoms with Crippen molar-refractivity contribution in [3.05, 3.63) is 64.4 Å². The Bertz CT molecular complexity index is 886. The quantitative estimate of drug-likeness (QED) is 0.750. The summed E-state index contributed by atoms with van der Waals surface area (Å²) in [7, 11) is -3.61. The molecule has 2 aromatic carbocycles. The summed E-state index contributed by atoms with van der Waals surface area (Å²) in [6.07, 6.45) is 0.296. The van der Waals surface area contributed by atoms with Crippen molar-refractivity contribution in [1.29, 1.82) is 0 Å². The molecule has 1 atom stereocenters. The third kappa shape index (κ3) is 4.69. The number of carbonyl (C=O) groups excluding carboxylic acids is 1. The lowest BCUT2D eigenvalue weighted by Crippen LogP contribution is -2.31. The maximum absolute atomic E-state index is 13.0. The molecule has 0 radical (unpaired) electrons. The summed E-state index contributed by atoms with van der Waals surface area (Å²) in [5.74, 6) is -0.433. The maximum Gasteiger partial charge on any atom is 0.240 e. The Morgan fingerprint density at radius 1 is 1.12 bits per heavy atom. The van der Waals surface area contributed by atoms with Gasteiger partial charge < -0.3 is 4.90 Å². The van der Waals surface area contributed by atoms with Gasteiger partial charge in [-0.25, -0.2) is 17.5 Å². The largest absolute Gasteiger partial charge is 0.338 e. The number of carbonyl (C=O) groups is 1. The van der Waals surface area contributed by atoms with E-state index in [0.717, 1.165) is 10.0 Å². The smallest absolute Gasteiger partial charge is 0.240 e. The summed E-state index contributed by atoms with van der Waals surface area (Å²) in [5.41, 5.74) is 0.843. The van der Waals surface area contributed by atoms with Crippen LogP contribution in [0.25, 0.3) is 0 Å². The lowest BCUT2D eigenvalue weighted by Gasteiger charge is -2.17. The van der Waals surface area contributed by atoms with Crippen molar-refractivity contribution in [3.63, 3.8) is 0 Å². The highest BCUT2D eigenvalue weighted by molar-refractivity contribution is 9.10. The second kappa shape index (κ2) is 7.85. The second-order valence-corrected chi connectivity index (χ2v) is 8.96. The minimum absolute atomic E-state index is 0.0258. The molecule has 1 saturated heterocycles. The van der Waals surface area contributed by atoms with Gasteiger partial charge in [0.1, 0.15) is 5.82 Å². The Balaban J connectivity index is 1.57. The lowest BCUT2D eigenvalue weighted by atomic mass is 10.1. The Labute approximate surface area is 160 Å². The number of halogens is 2. The SMILES string of the molecule is O=C1CC(CNS(=O)(=O)c2ccc(Br)cc2)CN1Cc1ccc(F)cc1. The number of nitrogens with zero attached hydrogens (tertiary/aromatic N) is 1. The van der Waals surface area contributed by atoms with Crippen molar-refractivity contribution < 1.29 is 17.6 Å². The van der Waals surface area contributed by atoms with Crippen LogP contribution in [0.5, 0.6) is 0 Å². The summed E-state index contributed by atoms with van der Waals surface area (Å²) >= 11 is 3.27. The van der Waals surface area contributed by atoms with Crippen molar-refractivity contribution in [2.24, 2.45) is 5.92 Å². The van der Waals surface area contributed by atoms with E-state index in [9.17, 15) is 17.6 Å². The van der Waals surface area contributed by atoms with E-state index in [1.807, 2.05) is 0 Å². The molecule has 3 rings (SSSR count). The van der Waals surface area contributed by atoms with Crippen LogP contribution < -0.4 is 4.72 Å². The molecule has 5 nitrogen and oxygen atoms in total. The number of likely N-dealkylation sites (tertiary alicyclic amines) is 1. The zero-order chi connectivity index (χ0) is 18.7. The normalized spacial score (nSPS) is 17.7. The number of nitrogens with one attached hydrogen (secondary N) is 1. The van der Waals surface area contributed by atoms with Crippen LogP contribution >= 0.6 is 15.9 Å². The number of amides is 1.